The van der Waals surface area contributed by atoms with E-state index in [4.69, 9.17) is 0 Å². The monoisotopic (exact) mass is 586 g/mol. The van der Waals surface area contributed by atoms with Crippen LogP contribution in [0.3, 0.4) is 0 Å². The lowest BCUT2D eigenvalue weighted by Crippen LogP contribution is -2.54. The van der Waals surface area contributed by atoms with E-state index in [-0.39, 0.29) is 24.6 Å². The number of carbonyl (C=O) groups is 2. The van der Waals surface area contributed by atoms with Gasteiger partial charge in [-0.25, -0.2) is 13.1 Å². The third-order valence-corrected chi connectivity index (χ3v) is 8.17. The zero-order chi connectivity index (χ0) is 30.2. The first-order valence-electron chi connectivity index (χ1n) is 13.2. The van der Waals surface area contributed by atoms with Crippen molar-refractivity contribution in [2.75, 3.05) is 31.5 Å². The van der Waals surface area contributed by atoms with Gasteiger partial charge in [-0.05, 0) is 41.3 Å². The minimum Gasteiger partial charge on any atom is -0.354 e. The lowest BCUT2D eigenvalue weighted by Gasteiger charge is -2.34. The summed E-state index contributed by atoms with van der Waals surface area (Å²) in [5, 5.41) is 2.88. The van der Waals surface area contributed by atoms with Crippen LogP contribution in [0.15, 0.2) is 78.9 Å². The first kappa shape index (κ1) is 31.7. The molecule has 220 valence electrons. The number of carbonyl (C=O) groups excluding carboxylic acids is 2. The highest BCUT2D eigenvalue weighted by atomic mass is 32.2. The fraction of sp³-hybridized carbons (Fsp3) is 0.333. The normalized spacial score (nSPS) is 12.3. The molecule has 1 atom stereocenters. The van der Waals surface area contributed by atoms with Crippen LogP contribution in [-0.4, -0.2) is 62.7 Å². The second kappa shape index (κ2) is 14.2. The van der Waals surface area contributed by atoms with Crippen LogP contribution in [0.1, 0.15) is 25.0 Å². The first-order valence-corrected chi connectivity index (χ1v) is 14.6. The smallest absolute Gasteiger partial charge is 0.304 e. The predicted octanol–water partition coefficient (Wildman–Crippen LogP) is 3.99. The van der Waals surface area contributed by atoms with E-state index in [1.165, 1.54) is 61.5 Å². The summed E-state index contributed by atoms with van der Waals surface area (Å²) >= 11 is 0. The molecule has 0 radical (unpaired) electrons. The summed E-state index contributed by atoms with van der Waals surface area (Å²) < 4.78 is 56.7. The van der Waals surface area contributed by atoms with E-state index in [1.807, 2.05) is 44.2 Å². The van der Waals surface area contributed by atoms with Gasteiger partial charge in [-0.3, -0.25) is 9.59 Å². The third kappa shape index (κ3) is 8.58. The number of anilines is 1. The Morgan fingerprint density at radius 1 is 0.854 bits per heavy atom. The Hall–Kier alpha value is -3.83. The van der Waals surface area contributed by atoms with Crippen LogP contribution in [0, 0.1) is 17.6 Å². The van der Waals surface area contributed by atoms with Gasteiger partial charge in [0.1, 0.15) is 24.2 Å². The van der Waals surface area contributed by atoms with E-state index in [0.29, 0.717) is 16.4 Å². The molecule has 0 aromatic heterocycles. The highest BCUT2D eigenvalue weighted by molar-refractivity contribution is 7.90. The van der Waals surface area contributed by atoms with Gasteiger partial charge in [0, 0.05) is 33.6 Å². The maximum Gasteiger partial charge on any atom is 0.304 e. The number of para-hydroxylation sites is 1. The Morgan fingerprint density at radius 3 is 2.05 bits per heavy atom. The second-order valence-corrected chi connectivity index (χ2v) is 12.3. The molecule has 0 aliphatic rings. The Labute approximate surface area is 240 Å². The number of rotatable bonds is 13. The molecule has 3 aromatic rings. The predicted molar refractivity (Wildman–Crippen MR) is 155 cm³/mol. The van der Waals surface area contributed by atoms with Crippen LogP contribution >= 0.6 is 0 Å². The first-order chi connectivity index (χ1) is 19.4. The van der Waals surface area contributed by atoms with Crippen LogP contribution < -0.4 is 9.62 Å². The average molecular weight is 587 g/mol. The number of hydrogen-bond donors (Lipinski definition) is 1. The molecule has 0 aliphatic carbocycles. The standard InChI is InChI=1S/C30H36F2N4O4S/c1-22(2)19-33-30(38)28(18-23-10-6-5-7-11-23)35(20-24-14-16-25(31)17-15-24)29(37)21-36(41(39,40)34(3)4)27-13-9-8-12-26(27)32/h5-17,22,28H,18-21H2,1-4H3,(H,33,38). The lowest BCUT2D eigenvalue weighted by molar-refractivity contribution is -0.140. The van der Waals surface area contributed by atoms with Gasteiger partial charge in [-0.15, -0.1) is 0 Å². The zero-order valence-electron chi connectivity index (χ0n) is 23.6. The number of nitrogens with zero attached hydrogens (tertiary/aromatic N) is 3. The maximum absolute atomic E-state index is 14.9. The fourth-order valence-electron chi connectivity index (χ4n) is 4.12. The lowest BCUT2D eigenvalue weighted by atomic mass is 10.0. The Morgan fingerprint density at radius 2 is 1.46 bits per heavy atom. The summed E-state index contributed by atoms with van der Waals surface area (Å²) in [5.74, 6) is -2.31. The van der Waals surface area contributed by atoms with Crippen molar-refractivity contribution in [2.24, 2.45) is 5.92 Å². The summed E-state index contributed by atoms with van der Waals surface area (Å²) in [5.41, 5.74) is 1.00. The van der Waals surface area contributed by atoms with Crippen molar-refractivity contribution in [3.8, 4) is 0 Å². The van der Waals surface area contributed by atoms with E-state index in [0.717, 1.165) is 15.9 Å². The summed E-state index contributed by atoms with van der Waals surface area (Å²) in [6, 6.07) is 18.8. The van der Waals surface area contributed by atoms with Crippen molar-refractivity contribution in [3.05, 3.63) is 102 Å². The molecule has 0 heterocycles. The highest BCUT2D eigenvalue weighted by Crippen LogP contribution is 2.24. The summed E-state index contributed by atoms with van der Waals surface area (Å²) in [7, 11) is -1.76. The topological polar surface area (TPSA) is 90.0 Å². The van der Waals surface area contributed by atoms with Gasteiger partial charge < -0.3 is 10.2 Å². The molecule has 3 aromatic carbocycles. The van der Waals surface area contributed by atoms with Crippen LogP contribution in [0.2, 0.25) is 0 Å². The van der Waals surface area contributed by atoms with Crippen molar-refractivity contribution < 1.29 is 26.8 Å². The molecule has 2 amide bonds. The van der Waals surface area contributed by atoms with Crippen LogP contribution in [0.25, 0.3) is 0 Å². The van der Waals surface area contributed by atoms with E-state index in [2.05, 4.69) is 5.32 Å². The van der Waals surface area contributed by atoms with Crippen molar-refractivity contribution >= 4 is 27.7 Å². The summed E-state index contributed by atoms with van der Waals surface area (Å²) in [6.07, 6.45) is 0.137. The molecule has 0 fully saturated rings. The van der Waals surface area contributed by atoms with Gasteiger partial charge in [-0.2, -0.15) is 12.7 Å². The van der Waals surface area contributed by atoms with E-state index >= 15 is 0 Å². The van der Waals surface area contributed by atoms with Crippen LogP contribution in [-0.2, 0) is 32.8 Å². The molecule has 3 rings (SSSR count). The molecule has 8 nitrogen and oxygen atoms in total. The van der Waals surface area contributed by atoms with Gasteiger partial charge in [0.25, 0.3) is 0 Å². The molecule has 0 bridgehead atoms. The zero-order valence-corrected chi connectivity index (χ0v) is 24.4. The largest absolute Gasteiger partial charge is 0.354 e. The number of benzene rings is 3. The molecule has 0 aliphatic heterocycles. The van der Waals surface area contributed by atoms with Crippen molar-refractivity contribution in [3.63, 3.8) is 0 Å². The number of halogens is 2. The van der Waals surface area contributed by atoms with E-state index < -0.39 is 46.2 Å². The molecule has 0 saturated carbocycles. The molecular weight excluding hydrogens is 550 g/mol. The van der Waals surface area contributed by atoms with Gasteiger partial charge in [0.05, 0.1) is 5.69 Å². The third-order valence-electron chi connectivity index (χ3n) is 6.36. The Bertz CT molecular complexity index is 1420. The molecule has 11 heteroatoms. The Balaban J connectivity index is 2.09. The van der Waals surface area contributed by atoms with Gasteiger partial charge in [0.15, 0.2) is 0 Å². The molecule has 1 unspecified atom stereocenters. The van der Waals surface area contributed by atoms with Gasteiger partial charge >= 0.3 is 10.2 Å². The molecular formula is C30H36F2N4O4S. The van der Waals surface area contributed by atoms with Gasteiger partial charge in [-0.1, -0.05) is 68.4 Å². The number of hydrogen-bond acceptors (Lipinski definition) is 4. The Kier molecular flexibility index (Phi) is 11.0. The molecule has 1 N–H and O–H groups in total. The number of nitrogens with one attached hydrogen (secondary N) is 1. The van der Waals surface area contributed by atoms with Gasteiger partial charge in [0.2, 0.25) is 11.8 Å². The minimum atomic E-state index is -4.32. The van der Waals surface area contributed by atoms with Crippen LogP contribution in [0.4, 0.5) is 14.5 Å². The molecule has 0 spiro atoms. The van der Waals surface area contributed by atoms with E-state index in [1.54, 1.807) is 0 Å². The number of amides is 2. The average Bonchev–Trinajstić information content (AvgIpc) is 2.94. The van der Waals surface area contributed by atoms with E-state index in [9.17, 15) is 26.8 Å². The molecule has 41 heavy (non-hydrogen) atoms. The van der Waals surface area contributed by atoms with Crippen molar-refractivity contribution in [1.82, 2.24) is 14.5 Å². The highest BCUT2D eigenvalue weighted by Gasteiger charge is 2.35. The summed E-state index contributed by atoms with van der Waals surface area (Å²) in [6.45, 7) is 3.35. The quantitative estimate of drug-likeness (QED) is 0.328. The van der Waals surface area contributed by atoms with Crippen LogP contribution in [0.5, 0.6) is 0 Å². The SMILES string of the molecule is CC(C)CNC(=O)C(Cc1ccccc1)N(Cc1ccc(F)cc1)C(=O)CN(c1ccccc1F)S(=O)(=O)N(C)C. The molecule has 0 saturated heterocycles. The minimum absolute atomic E-state index is 0.112. The van der Waals surface area contributed by atoms with Crippen molar-refractivity contribution in [2.45, 2.75) is 32.9 Å². The maximum atomic E-state index is 14.9. The second-order valence-electron chi connectivity index (χ2n) is 10.2. The fourth-order valence-corrected chi connectivity index (χ4v) is 5.18. The summed E-state index contributed by atoms with van der Waals surface area (Å²) in [4.78, 5) is 28.9. The van der Waals surface area contributed by atoms with Crippen molar-refractivity contribution in [1.29, 1.82) is 0 Å².